The molecule has 21 heavy (non-hydrogen) atoms. The van der Waals surface area contributed by atoms with Crippen molar-refractivity contribution in [2.45, 2.75) is 18.9 Å². The number of carboxylic acids is 1. The molecule has 2 heterocycles. The second-order valence-corrected chi connectivity index (χ2v) is 4.79. The topological polar surface area (TPSA) is 88.1 Å². The molecule has 0 radical (unpaired) electrons. The maximum atomic E-state index is 11.4. The molecular formula is C15H13N3O3. The zero-order valence-electron chi connectivity index (χ0n) is 11.2. The van der Waals surface area contributed by atoms with E-state index in [0.29, 0.717) is 23.6 Å². The van der Waals surface area contributed by atoms with Crippen molar-refractivity contribution in [1.29, 1.82) is 5.26 Å². The minimum Gasteiger partial charge on any atom is -0.478 e. The molecule has 1 fully saturated rings. The maximum absolute atomic E-state index is 11.4. The van der Waals surface area contributed by atoms with Gasteiger partial charge in [0.05, 0.1) is 23.1 Å². The monoisotopic (exact) mass is 283 g/mol. The first-order valence-electron chi connectivity index (χ1n) is 6.64. The van der Waals surface area contributed by atoms with Gasteiger partial charge in [0.25, 0.3) is 0 Å². The number of rotatable bonds is 3. The maximum Gasteiger partial charge on any atom is 0.339 e. The van der Waals surface area contributed by atoms with Crippen molar-refractivity contribution >= 4 is 5.97 Å². The Hall–Kier alpha value is -2.65. The third kappa shape index (κ3) is 2.28. The normalized spacial score (nSPS) is 17.6. The molecule has 1 atom stereocenters. The van der Waals surface area contributed by atoms with Gasteiger partial charge in [-0.1, -0.05) is 12.1 Å². The van der Waals surface area contributed by atoms with Gasteiger partial charge in [0.15, 0.2) is 0 Å². The van der Waals surface area contributed by atoms with Crippen LogP contribution < -0.4 is 0 Å². The molecule has 106 valence electrons. The fourth-order valence-corrected chi connectivity index (χ4v) is 2.57. The van der Waals surface area contributed by atoms with Crippen LogP contribution in [0.1, 0.15) is 40.6 Å². The third-order valence-electron chi connectivity index (χ3n) is 3.52. The Labute approximate surface area is 121 Å². The number of benzene rings is 1. The Bertz CT molecular complexity index is 724. The van der Waals surface area contributed by atoms with Crippen molar-refractivity contribution in [2.75, 3.05) is 6.61 Å². The number of para-hydroxylation sites is 1. The summed E-state index contributed by atoms with van der Waals surface area (Å²) in [7, 11) is 0. The molecular weight excluding hydrogens is 270 g/mol. The molecule has 1 aliphatic heterocycles. The van der Waals surface area contributed by atoms with E-state index >= 15 is 0 Å². The van der Waals surface area contributed by atoms with Gasteiger partial charge in [-0.15, -0.1) is 0 Å². The molecule has 1 aromatic carbocycles. The van der Waals surface area contributed by atoms with Crippen LogP contribution in [0.15, 0.2) is 30.5 Å². The molecule has 0 amide bonds. The van der Waals surface area contributed by atoms with Crippen LogP contribution in [0, 0.1) is 11.3 Å². The van der Waals surface area contributed by atoms with Crippen LogP contribution in [-0.4, -0.2) is 27.5 Å². The highest BCUT2D eigenvalue weighted by Gasteiger charge is 2.29. The van der Waals surface area contributed by atoms with E-state index < -0.39 is 5.97 Å². The summed E-state index contributed by atoms with van der Waals surface area (Å²) < 4.78 is 7.13. The van der Waals surface area contributed by atoms with E-state index in [0.717, 1.165) is 12.8 Å². The van der Waals surface area contributed by atoms with Crippen LogP contribution in [0.5, 0.6) is 0 Å². The Morgan fingerprint density at radius 2 is 2.29 bits per heavy atom. The highest BCUT2D eigenvalue weighted by Crippen LogP contribution is 2.33. The second kappa shape index (κ2) is 5.38. The van der Waals surface area contributed by atoms with Gasteiger partial charge in [-0.05, 0) is 25.0 Å². The van der Waals surface area contributed by atoms with Crippen LogP contribution in [0.3, 0.4) is 0 Å². The van der Waals surface area contributed by atoms with E-state index in [1.807, 2.05) is 0 Å². The summed E-state index contributed by atoms with van der Waals surface area (Å²) in [4.78, 5) is 11.4. The van der Waals surface area contributed by atoms with E-state index in [1.165, 1.54) is 10.9 Å². The molecule has 1 saturated heterocycles. The minimum atomic E-state index is -1.04. The van der Waals surface area contributed by atoms with Gasteiger partial charge in [-0.2, -0.15) is 10.4 Å². The molecule has 0 saturated carbocycles. The quantitative estimate of drug-likeness (QED) is 0.933. The van der Waals surface area contributed by atoms with Gasteiger partial charge >= 0.3 is 5.97 Å². The molecule has 1 aromatic heterocycles. The summed E-state index contributed by atoms with van der Waals surface area (Å²) in [5.74, 6) is -1.04. The predicted molar refractivity (Wildman–Crippen MR) is 73.2 cm³/mol. The molecule has 0 spiro atoms. The number of nitriles is 1. The van der Waals surface area contributed by atoms with E-state index in [2.05, 4.69) is 11.2 Å². The predicted octanol–water partition coefficient (Wildman–Crippen LogP) is 2.29. The van der Waals surface area contributed by atoms with Gasteiger partial charge in [-0.25, -0.2) is 9.48 Å². The first-order chi connectivity index (χ1) is 10.2. The zero-order chi connectivity index (χ0) is 14.8. The summed E-state index contributed by atoms with van der Waals surface area (Å²) >= 11 is 0. The number of ether oxygens (including phenoxy) is 1. The van der Waals surface area contributed by atoms with Crippen LogP contribution in [-0.2, 0) is 4.74 Å². The van der Waals surface area contributed by atoms with Gasteiger partial charge in [0.1, 0.15) is 17.7 Å². The molecule has 1 N–H and O–H groups in total. The van der Waals surface area contributed by atoms with E-state index in [9.17, 15) is 15.2 Å². The van der Waals surface area contributed by atoms with Crippen LogP contribution >= 0.6 is 0 Å². The van der Waals surface area contributed by atoms with Crippen LogP contribution in [0.25, 0.3) is 5.69 Å². The minimum absolute atomic E-state index is 0.120. The highest BCUT2D eigenvalue weighted by atomic mass is 16.5. The lowest BCUT2D eigenvalue weighted by atomic mass is 10.1. The summed E-state index contributed by atoms with van der Waals surface area (Å²) in [6.45, 7) is 0.606. The van der Waals surface area contributed by atoms with Crippen LogP contribution in [0.2, 0.25) is 0 Å². The van der Waals surface area contributed by atoms with E-state index in [1.54, 1.807) is 24.3 Å². The lowest BCUT2D eigenvalue weighted by molar-refractivity contribution is 0.0679. The molecule has 2 aromatic rings. The Morgan fingerprint density at radius 3 is 2.95 bits per heavy atom. The van der Waals surface area contributed by atoms with Gasteiger partial charge in [0, 0.05) is 6.61 Å². The van der Waals surface area contributed by atoms with E-state index in [4.69, 9.17) is 4.74 Å². The molecule has 3 rings (SSSR count). The molecule has 0 bridgehead atoms. The van der Waals surface area contributed by atoms with Crippen molar-refractivity contribution in [1.82, 2.24) is 9.78 Å². The van der Waals surface area contributed by atoms with Crippen molar-refractivity contribution in [3.63, 3.8) is 0 Å². The van der Waals surface area contributed by atoms with Gasteiger partial charge in [0.2, 0.25) is 0 Å². The lowest BCUT2D eigenvalue weighted by Crippen LogP contribution is -2.12. The lowest BCUT2D eigenvalue weighted by Gasteiger charge is -2.14. The molecule has 6 nitrogen and oxygen atoms in total. The smallest absolute Gasteiger partial charge is 0.339 e. The third-order valence-corrected chi connectivity index (χ3v) is 3.52. The van der Waals surface area contributed by atoms with Crippen molar-refractivity contribution in [3.8, 4) is 11.8 Å². The molecule has 1 unspecified atom stereocenters. The highest BCUT2D eigenvalue weighted by molar-refractivity contribution is 5.89. The van der Waals surface area contributed by atoms with Crippen LogP contribution in [0.4, 0.5) is 0 Å². The summed E-state index contributed by atoms with van der Waals surface area (Å²) in [6, 6.07) is 9.07. The van der Waals surface area contributed by atoms with E-state index in [-0.39, 0.29) is 11.7 Å². The number of hydrogen-bond donors (Lipinski definition) is 1. The summed E-state index contributed by atoms with van der Waals surface area (Å²) in [5.41, 5.74) is 1.63. The average molecular weight is 283 g/mol. The number of nitrogens with zero attached hydrogens (tertiary/aromatic N) is 3. The number of hydrogen-bond acceptors (Lipinski definition) is 4. The SMILES string of the molecule is N#Cc1ccccc1-n1ncc(C(=O)O)c1C1CCCO1. The van der Waals surface area contributed by atoms with Gasteiger partial charge in [-0.3, -0.25) is 0 Å². The average Bonchev–Trinajstić information content (AvgIpc) is 3.15. The Balaban J connectivity index is 2.19. The largest absolute Gasteiger partial charge is 0.478 e. The number of aromatic nitrogens is 2. The molecule has 6 heteroatoms. The second-order valence-electron chi connectivity index (χ2n) is 4.79. The van der Waals surface area contributed by atoms with Crippen molar-refractivity contribution in [3.05, 3.63) is 47.3 Å². The Kier molecular flexibility index (Phi) is 3.42. The number of carbonyl (C=O) groups is 1. The first kappa shape index (κ1) is 13.3. The fraction of sp³-hybridized carbons (Fsp3) is 0.267. The standard InChI is InChI=1S/C15H13N3O3/c16-8-10-4-1-2-5-12(10)18-14(13-6-3-7-21-13)11(9-17-18)15(19)20/h1-2,4-5,9,13H,3,6-7H2,(H,19,20). The molecule has 0 aliphatic carbocycles. The van der Waals surface area contributed by atoms with Crippen molar-refractivity contribution in [2.24, 2.45) is 0 Å². The van der Waals surface area contributed by atoms with Gasteiger partial charge < -0.3 is 9.84 Å². The summed E-state index contributed by atoms with van der Waals surface area (Å²) in [5, 5.41) is 22.7. The number of carboxylic acid groups (broad SMARTS) is 1. The molecule has 1 aliphatic rings. The zero-order valence-corrected chi connectivity index (χ0v) is 11.2. The first-order valence-corrected chi connectivity index (χ1v) is 6.64. The fourth-order valence-electron chi connectivity index (χ4n) is 2.57. The van der Waals surface area contributed by atoms with Crippen molar-refractivity contribution < 1.29 is 14.6 Å². The summed E-state index contributed by atoms with van der Waals surface area (Å²) in [6.07, 6.45) is 2.65. The number of aromatic carboxylic acids is 1. The Morgan fingerprint density at radius 1 is 1.48 bits per heavy atom.